The summed E-state index contributed by atoms with van der Waals surface area (Å²) in [4.78, 5) is 63.0. The van der Waals surface area contributed by atoms with Gasteiger partial charge in [-0.2, -0.15) is 0 Å². The van der Waals surface area contributed by atoms with Crippen molar-refractivity contribution in [3.05, 3.63) is 101 Å². The lowest BCUT2D eigenvalue weighted by Crippen LogP contribution is -2.51. The lowest BCUT2D eigenvalue weighted by Gasteiger charge is -2.35. The van der Waals surface area contributed by atoms with E-state index in [9.17, 15) is 34.5 Å². The van der Waals surface area contributed by atoms with Crippen LogP contribution in [0, 0.1) is 0 Å². The fourth-order valence-electron chi connectivity index (χ4n) is 6.98. The van der Waals surface area contributed by atoms with Gasteiger partial charge in [-0.05, 0) is 49.2 Å². The van der Waals surface area contributed by atoms with Gasteiger partial charge in [-0.3, -0.25) is 29.1 Å². The van der Waals surface area contributed by atoms with Crippen molar-refractivity contribution in [2.24, 2.45) is 0 Å². The molecule has 15 heteroatoms. The smallest absolute Gasteiger partial charge is 0.256 e. The van der Waals surface area contributed by atoms with E-state index in [2.05, 4.69) is 9.97 Å². The largest absolute Gasteiger partial charge is 0.507 e. The lowest BCUT2D eigenvalue weighted by atomic mass is 10.1. The monoisotopic (exact) mass is 768 g/mol. The van der Waals surface area contributed by atoms with Gasteiger partial charge in [0.05, 0.1) is 66.1 Å². The third kappa shape index (κ3) is 9.24. The van der Waals surface area contributed by atoms with E-state index in [1.165, 1.54) is 18.2 Å². The Hall–Kier alpha value is -6.06. The number of aromatic hydroxyl groups is 2. The number of amides is 2. The molecule has 2 amide bonds. The molecule has 2 aliphatic heterocycles. The maximum atomic E-state index is 13.8. The zero-order valence-electron chi connectivity index (χ0n) is 30.7. The van der Waals surface area contributed by atoms with Crippen LogP contribution in [-0.2, 0) is 17.6 Å². The molecule has 56 heavy (non-hydrogen) atoms. The van der Waals surface area contributed by atoms with Crippen molar-refractivity contribution in [3.8, 4) is 28.7 Å². The molecule has 4 heterocycles. The van der Waals surface area contributed by atoms with Crippen LogP contribution in [0.1, 0.15) is 72.1 Å². The number of carbonyl (C=O) groups is 4. The summed E-state index contributed by atoms with van der Waals surface area (Å²) in [5.41, 5.74) is 1.82. The van der Waals surface area contributed by atoms with Crippen molar-refractivity contribution in [1.82, 2.24) is 19.8 Å². The van der Waals surface area contributed by atoms with Crippen molar-refractivity contribution in [2.45, 2.75) is 44.2 Å². The Morgan fingerprint density at radius 3 is 2.20 bits per heavy atom. The Bertz CT molecular complexity index is 2030. The predicted molar refractivity (Wildman–Crippen MR) is 201 cm³/mol. The van der Waals surface area contributed by atoms with E-state index in [4.69, 9.17) is 18.9 Å². The Morgan fingerprint density at radius 1 is 0.786 bits per heavy atom. The Balaban J connectivity index is 1.08. The zero-order valence-corrected chi connectivity index (χ0v) is 30.7. The first-order chi connectivity index (χ1) is 27.3. The molecule has 0 spiro atoms. The van der Waals surface area contributed by atoms with Crippen molar-refractivity contribution in [2.75, 3.05) is 52.7 Å². The SMILES string of the molecule is O=Cc1c(O)cccc1OCC[C@@H]1CCCN1C(=O)c1cccnc1CCOc1cc(O)c(C=O)c(OC[C@@H]2COCCN2C(=O)c2cccnc2CCO)c1. The molecule has 4 aromatic rings. The molecule has 2 fully saturated rings. The quantitative estimate of drug-likeness (QED) is 0.132. The maximum absolute atomic E-state index is 13.8. The molecule has 294 valence electrons. The number of rotatable bonds is 17. The van der Waals surface area contributed by atoms with E-state index < -0.39 is 6.04 Å². The summed E-state index contributed by atoms with van der Waals surface area (Å²) in [6, 6.07) is 13.5. The third-order valence-electron chi connectivity index (χ3n) is 9.84. The summed E-state index contributed by atoms with van der Waals surface area (Å²) in [5.74, 6) is -0.408. The molecule has 2 saturated heterocycles. The van der Waals surface area contributed by atoms with Crippen LogP contribution in [0.15, 0.2) is 67.0 Å². The molecule has 2 atom stereocenters. The molecule has 0 saturated carbocycles. The highest BCUT2D eigenvalue weighted by molar-refractivity contribution is 5.96. The Labute approximate surface area is 323 Å². The van der Waals surface area contributed by atoms with Gasteiger partial charge in [0, 0.05) is 69.5 Å². The number of hydrogen-bond acceptors (Lipinski definition) is 13. The third-order valence-corrected chi connectivity index (χ3v) is 9.84. The van der Waals surface area contributed by atoms with Gasteiger partial charge in [-0.1, -0.05) is 6.07 Å². The highest BCUT2D eigenvalue weighted by Crippen LogP contribution is 2.33. The van der Waals surface area contributed by atoms with Gasteiger partial charge >= 0.3 is 0 Å². The van der Waals surface area contributed by atoms with Crippen LogP contribution in [0.2, 0.25) is 0 Å². The normalized spacial score (nSPS) is 16.7. The minimum Gasteiger partial charge on any atom is -0.507 e. The number of benzene rings is 2. The standard InChI is InChI=1S/C41H44N4O11/c46-17-10-34-30(6-2-13-42-34)41(52)45-16-20-53-25-28(45)26-56-39-22-29(21-37(50)33(39)24-48)54-19-12-35-31(7-3-14-43-35)40(51)44-15-4-5-27(44)11-18-55-38-9-1-8-36(49)32(38)23-47/h1-3,6-9,13-14,21-24,27-28,46,49-50H,4-5,10-12,15-20,25-26H2/t27-,28-/m0/s1. The molecule has 6 rings (SSSR count). The molecule has 3 N–H and O–H groups in total. The summed E-state index contributed by atoms with van der Waals surface area (Å²) in [6.07, 6.45) is 6.81. The highest BCUT2D eigenvalue weighted by Gasteiger charge is 2.32. The number of ether oxygens (including phenoxy) is 4. The van der Waals surface area contributed by atoms with Gasteiger partial charge in [-0.15, -0.1) is 0 Å². The van der Waals surface area contributed by atoms with E-state index in [1.807, 2.05) is 4.90 Å². The second-order valence-electron chi connectivity index (χ2n) is 13.3. The topological polar surface area (TPSA) is 198 Å². The maximum Gasteiger partial charge on any atom is 0.256 e. The van der Waals surface area contributed by atoms with Crippen LogP contribution in [-0.4, -0.2) is 124 Å². The number of hydrogen-bond donors (Lipinski definition) is 3. The number of aliphatic hydroxyl groups is 1. The molecule has 0 unspecified atom stereocenters. The van der Waals surface area contributed by atoms with E-state index in [-0.39, 0.29) is 104 Å². The zero-order chi connectivity index (χ0) is 39.4. The van der Waals surface area contributed by atoms with E-state index >= 15 is 0 Å². The molecular formula is C41H44N4O11. The lowest BCUT2D eigenvalue weighted by molar-refractivity contribution is -0.0152. The van der Waals surface area contributed by atoms with Crippen molar-refractivity contribution < 1.29 is 53.4 Å². The van der Waals surface area contributed by atoms with E-state index in [0.29, 0.717) is 61.2 Å². The average Bonchev–Trinajstić information content (AvgIpc) is 3.69. The Kier molecular flexibility index (Phi) is 13.4. The van der Waals surface area contributed by atoms with Gasteiger partial charge in [0.1, 0.15) is 35.4 Å². The van der Waals surface area contributed by atoms with Gasteiger partial charge in [0.25, 0.3) is 11.8 Å². The number of carbonyl (C=O) groups excluding carboxylic acids is 4. The second-order valence-corrected chi connectivity index (χ2v) is 13.3. The molecule has 2 aromatic heterocycles. The summed E-state index contributed by atoms with van der Waals surface area (Å²) in [5, 5.41) is 30.1. The molecule has 2 aromatic carbocycles. The molecule has 0 bridgehead atoms. The molecule has 2 aliphatic rings. The van der Waals surface area contributed by atoms with Crippen molar-refractivity contribution in [3.63, 3.8) is 0 Å². The van der Waals surface area contributed by atoms with Gasteiger partial charge in [-0.25, -0.2) is 0 Å². The number of aldehydes is 2. The van der Waals surface area contributed by atoms with Crippen LogP contribution < -0.4 is 14.2 Å². The number of likely N-dealkylation sites (tertiary alicyclic amines) is 1. The number of phenols is 2. The highest BCUT2D eigenvalue weighted by atomic mass is 16.5. The number of pyridine rings is 2. The molecule has 0 radical (unpaired) electrons. The number of aromatic nitrogens is 2. The molecule has 15 nitrogen and oxygen atoms in total. The first kappa shape index (κ1) is 39.6. The number of phenolic OH excluding ortho intramolecular Hbond substituents is 2. The van der Waals surface area contributed by atoms with Gasteiger partial charge in [0.2, 0.25) is 0 Å². The number of aliphatic hydroxyl groups excluding tert-OH is 1. The fraction of sp³-hybridized carbons (Fsp3) is 0.366. The average molecular weight is 769 g/mol. The predicted octanol–water partition coefficient (Wildman–Crippen LogP) is 3.66. The van der Waals surface area contributed by atoms with Crippen LogP contribution in [0.4, 0.5) is 0 Å². The van der Waals surface area contributed by atoms with Crippen molar-refractivity contribution in [1.29, 1.82) is 0 Å². The second kappa shape index (κ2) is 19.0. The van der Waals surface area contributed by atoms with Crippen LogP contribution >= 0.6 is 0 Å². The minimum atomic E-state index is -0.527. The minimum absolute atomic E-state index is 0.0519. The first-order valence-corrected chi connectivity index (χ1v) is 18.5. The van der Waals surface area contributed by atoms with Crippen molar-refractivity contribution >= 4 is 24.4 Å². The summed E-state index contributed by atoms with van der Waals surface area (Å²) in [7, 11) is 0. The summed E-state index contributed by atoms with van der Waals surface area (Å²) < 4.78 is 23.5. The van der Waals surface area contributed by atoms with Crippen LogP contribution in [0.25, 0.3) is 0 Å². The summed E-state index contributed by atoms with van der Waals surface area (Å²) in [6.45, 7) is 1.48. The molecular weight excluding hydrogens is 724 g/mol. The fourth-order valence-corrected chi connectivity index (χ4v) is 6.98. The Morgan fingerprint density at radius 2 is 1.48 bits per heavy atom. The van der Waals surface area contributed by atoms with Crippen LogP contribution in [0.5, 0.6) is 28.7 Å². The van der Waals surface area contributed by atoms with Gasteiger partial charge < -0.3 is 44.1 Å². The van der Waals surface area contributed by atoms with E-state index in [1.54, 1.807) is 53.7 Å². The number of morpholine rings is 1. The molecule has 0 aliphatic carbocycles. The first-order valence-electron chi connectivity index (χ1n) is 18.5. The summed E-state index contributed by atoms with van der Waals surface area (Å²) >= 11 is 0. The number of nitrogens with zero attached hydrogens (tertiary/aromatic N) is 4. The van der Waals surface area contributed by atoms with E-state index in [0.717, 1.165) is 12.8 Å². The van der Waals surface area contributed by atoms with Gasteiger partial charge in [0.15, 0.2) is 12.6 Å². The van der Waals surface area contributed by atoms with Crippen LogP contribution in [0.3, 0.4) is 0 Å².